The van der Waals surface area contributed by atoms with Crippen molar-refractivity contribution in [1.29, 1.82) is 0 Å². The number of aryl methyl sites for hydroxylation is 1. The van der Waals surface area contributed by atoms with Crippen LogP contribution in [0.15, 0.2) is 18.5 Å². The lowest BCUT2D eigenvalue weighted by molar-refractivity contribution is 0.0439. The predicted octanol–water partition coefficient (Wildman–Crippen LogP) is 1.93. The first-order valence-corrected chi connectivity index (χ1v) is 7.78. The van der Waals surface area contributed by atoms with Gasteiger partial charge >= 0.3 is 5.97 Å². The van der Waals surface area contributed by atoms with Gasteiger partial charge < -0.3 is 4.74 Å². The Labute approximate surface area is 136 Å². The standard InChI is InChI=1S/C17H22N4O2/c1-5-20(6-2)11-7-9-13(3)23-17(22)15-14(4)19-21-12-8-10-18-16(15)21/h8,10,12-13H,5-6,11H2,1-4H3/t13-/m1/s1. The summed E-state index contributed by atoms with van der Waals surface area (Å²) in [4.78, 5) is 18.8. The summed E-state index contributed by atoms with van der Waals surface area (Å²) in [5.41, 5.74) is 1.48. The van der Waals surface area contributed by atoms with E-state index in [2.05, 4.69) is 40.7 Å². The third-order valence-electron chi connectivity index (χ3n) is 3.56. The molecule has 6 nitrogen and oxygen atoms in total. The molecular weight excluding hydrogens is 292 g/mol. The minimum atomic E-state index is -0.476. The normalized spacial score (nSPS) is 12.0. The number of hydrogen-bond acceptors (Lipinski definition) is 5. The van der Waals surface area contributed by atoms with Gasteiger partial charge in [0.05, 0.1) is 12.2 Å². The molecule has 6 heteroatoms. The number of ether oxygens (including phenoxy) is 1. The molecule has 0 unspecified atom stereocenters. The minimum Gasteiger partial charge on any atom is -0.446 e. The first-order chi connectivity index (χ1) is 11.1. The van der Waals surface area contributed by atoms with Crippen molar-refractivity contribution in [3.63, 3.8) is 0 Å². The summed E-state index contributed by atoms with van der Waals surface area (Å²) in [6, 6.07) is 1.76. The van der Waals surface area contributed by atoms with Crippen LogP contribution in [-0.2, 0) is 4.74 Å². The molecule has 122 valence electrons. The van der Waals surface area contributed by atoms with Gasteiger partial charge in [0, 0.05) is 12.4 Å². The molecule has 0 spiro atoms. The van der Waals surface area contributed by atoms with Crippen molar-refractivity contribution in [1.82, 2.24) is 19.5 Å². The van der Waals surface area contributed by atoms with Gasteiger partial charge in [0.15, 0.2) is 11.8 Å². The van der Waals surface area contributed by atoms with Crippen molar-refractivity contribution < 1.29 is 9.53 Å². The smallest absolute Gasteiger partial charge is 0.345 e. The molecule has 0 saturated heterocycles. The highest BCUT2D eigenvalue weighted by Gasteiger charge is 2.20. The molecule has 2 rings (SSSR count). The highest BCUT2D eigenvalue weighted by atomic mass is 16.5. The Morgan fingerprint density at radius 3 is 2.87 bits per heavy atom. The maximum Gasteiger partial charge on any atom is 0.345 e. The fourth-order valence-corrected chi connectivity index (χ4v) is 2.23. The van der Waals surface area contributed by atoms with Crippen LogP contribution in [0.3, 0.4) is 0 Å². The van der Waals surface area contributed by atoms with Gasteiger partial charge in [-0.25, -0.2) is 14.3 Å². The fourth-order valence-electron chi connectivity index (χ4n) is 2.23. The van der Waals surface area contributed by atoms with E-state index in [-0.39, 0.29) is 0 Å². The number of nitrogens with zero attached hydrogens (tertiary/aromatic N) is 4. The second-order valence-corrected chi connectivity index (χ2v) is 5.18. The quantitative estimate of drug-likeness (QED) is 0.623. The van der Waals surface area contributed by atoms with Crippen LogP contribution in [-0.4, -0.2) is 51.2 Å². The Kier molecular flexibility index (Phi) is 5.72. The number of rotatable bonds is 5. The zero-order chi connectivity index (χ0) is 16.8. The first-order valence-electron chi connectivity index (χ1n) is 7.78. The average molecular weight is 314 g/mol. The average Bonchev–Trinajstić information content (AvgIpc) is 2.87. The maximum absolute atomic E-state index is 12.4. The molecule has 1 atom stereocenters. The van der Waals surface area contributed by atoms with Crippen molar-refractivity contribution in [2.24, 2.45) is 0 Å². The Bertz CT molecular complexity index is 738. The van der Waals surface area contributed by atoms with E-state index in [1.54, 1.807) is 36.8 Å². The zero-order valence-electron chi connectivity index (χ0n) is 14.0. The molecule has 0 fully saturated rings. The van der Waals surface area contributed by atoms with Crippen molar-refractivity contribution in [2.45, 2.75) is 33.8 Å². The molecule has 0 bridgehead atoms. The zero-order valence-corrected chi connectivity index (χ0v) is 14.0. The van der Waals surface area contributed by atoms with Crippen LogP contribution in [0.2, 0.25) is 0 Å². The predicted molar refractivity (Wildman–Crippen MR) is 88.2 cm³/mol. The lowest BCUT2D eigenvalue weighted by Gasteiger charge is -2.13. The lowest BCUT2D eigenvalue weighted by Crippen LogP contribution is -2.23. The van der Waals surface area contributed by atoms with E-state index < -0.39 is 12.1 Å². The molecule has 2 aromatic rings. The number of aromatic nitrogens is 3. The van der Waals surface area contributed by atoms with Crippen LogP contribution in [0.25, 0.3) is 5.65 Å². The molecule has 0 amide bonds. The van der Waals surface area contributed by atoms with E-state index in [0.717, 1.165) is 13.1 Å². The van der Waals surface area contributed by atoms with Gasteiger partial charge in [0.25, 0.3) is 0 Å². The van der Waals surface area contributed by atoms with E-state index in [4.69, 9.17) is 4.74 Å². The number of esters is 1. The Morgan fingerprint density at radius 1 is 1.43 bits per heavy atom. The van der Waals surface area contributed by atoms with Gasteiger partial charge in [-0.15, -0.1) is 0 Å². The van der Waals surface area contributed by atoms with Crippen LogP contribution < -0.4 is 0 Å². The van der Waals surface area contributed by atoms with Gasteiger partial charge in [-0.3, -0.25) is 4.90 Å². The van der Waals surface area contributed by atoms with Gasteiger partial charge in [-0.05, 0) is 33.0 Å². The maximum atomic E-state index is 12.4. The molecular formula is C17H22N4O2. The lowest BCUT2D eigenvalue weighted by atomic mass is 10.2. The van der Waals surface area contributed by atoms with Gasteiger partial charge in [0.1, 0.15) is 5.56 Å². The molecule has 0 aliphatic rings. The second kappa shape index (κ2) is 7.75. The van der Waals surface area contributed by atoms with E-state index in [1.807, 2.05) is 0 Å². The number of fused-ring (bicyclic) bond motifs is 1. The third kappa shape index (κ3) is 4.08. The summed E-state index contributed by atoms with van der Waals surface area (Å²) in [7, 11) is 0. The summed E-state index contributed by atoms with van der Waals surface area (Å²) in [6.45, 7) is 10.3. The van der Waals surface area contributed by atoms with Crippen LogP contribution in [0, 0.1) is 18.8 Å². The minimum absolute atomic E-state index is 0.392. The number of carbonyl (C=O) groups is 1. The summed E-state index contributed by atoms with van der Waals surface area (Å²) >= 11 is 0. The van der Waals surface area contributed by atoms with Gasteiger partial charge in [0.2, 0.25) is 0 Å². The fraction of sp³-hybridized carbons (Fsp3) is 0.471. The van der Waals surface area contributed by atoms with Crippen molar-refractivity contribution in [3.05, 3.63) is 29.7 Å². The topological polar surface area (TPSA) is 59.7 Å². The Hall–Kier alpha value is -2.39. The van der Waals surface area contributed by atoms with Crippen LogP contribution >= 0.6 is 0 Å². The van der Waals surface area contributed by atoms with Crippen LogP contribution in [0.5, 0.6) is 0 Å². The summed E-state index contributed by atoms with van der Waals surface area (Å²) in [5, 5.41) is 4.26. The van der Waals surface area contributed by atoms with E-state index in [0.29, 0.717) is 23.4 Å². The second-order valence-electron chi connectivity index (χ2n) is 5.18. The monoisotopic (exact) mass is 314 g/mol. The first kappa shape index (κ1) is 17.0. The Balaban J connectivity index is 2.06. The molecule has 0 aromatic carbocycles. The molecule has 0 aliphatic carbocycles. The van der Waals surface area contributed by atoms with E-state index in [1.165, 1.54) is 0 Å². The largest absolute Gasteiger partial charge is 0.446 e. The van der Waals surface area contributed by atoms with Crippen LogP contribution in [0.1, 0.15) is 36.8 Å². The summed E-state index contributed by atoms with van der Waals surface area (Å²) in [6.07, 6.45) is 2.90. The molecule has 2 heterocycles. The van der Waals surface area contributed by atoms with E-state index >= 15 is 0 Å². The van der Waals surface area contributed by atoms with E-state index in [9.17, 15) is 4.79 Å². The van der Waals surface area contributed by atoms with Crippen LogP contribution in [0.4, 0.5) is 0 Å². The SMILES string of the molecule is CCN(CC)CC#C[C@@H](C)OC(=O)c1c(C)nn2cccnc12. The third-order valence-corrected chi connectivity index (χ3v) is 3.56. The highest BCUT2D eigenvalue weighted by molar-refractivity contribution is 5.97. The number of hydrogen-bond donors (Lipinski definition) is 0. The van der Waals surface area contributed by atoms with Crippen molar-refractivity contribution >= 4 is 11.6 Å². The molecule has 0 saturated carbocycles. The van der Waals surface area contributed by atoms with Crippen molar-refractivity contribution in [2.75, 3.05) is 19.6 Å². The Morgan fingerprint density at radius 2 is 2.17 bits per heavy atom. The summed E-state index contributed by atoms with van der Waals surface area (Å²) in [5.74, 6) is 5.57. The molecule has 23 heavy (non-hydrogen) atoms. The molecule has 0 N–H and O–H groups in total. The molecule has 0 radical (unpaired) electrons. The summed E-state index contributed by atoms with van der Waals surface area (Å²) < 4.78 is 6.98. The van der Waals surface area contributed by atoms with Gasteiger partial charge in [-0.1, -0.05) is 25.7 Å². The van der Waals surface area contributed by atoms with Crippen molar-refractivity contribution in [3.8, 4) is 11.8 Å². The number of carbonyl (C=O) groups excluding carboxylic acids is 1. The van der Waals surface area contributed by atoms with Gasteiger partial charge in [-0.2, -0.15) is 5.10 Å². The highest BCUT2D eigenvalue weighted by Crippen LogP contribution is 2.14. The molecule has 2 aromatic heterocycles. The molecule has 0 aliphatic heterocycles.